The van der Waals surface area contributed by atoms with Crippen LogP contribution in [-0.2, 0) is 11.3 Å². The Balaban J connectivity index is 2.54. The summed E-state index contributed by atoms with van der Waals surface area (Å²) in [6.45, 7) is 8.95. The molecule has 0 fully saturated rings. The standard InChI is InChI=1S/C16H27N3O2/c1-5-17-16(18-10-11-20-4)19-12-14-6-8-15(9-7-14)21-13(2)3/h6-9,13H,5,10-12H2,1-4H3,(H2,17,18,19). The first-order valence-electron chi connectivity index (χ1n) is 7.42. The SMILES string of the molecule is CCNC(=NCc1ccc(OC(C)C)cc1)NCCOC. The van der Waals surface area contributed by atoms with E-state index in [4.69, 9.17) is 9.47 Å². The maximum Gasteiger partial charge on any atom is 0.191 e. The van der Waals surface area contributed by atoms with Gasteiger partial charge in [-0.1, -0.05) is 12.1 Å². The molecule has 0 aliphatic rings. The molecule has 0 radical (unpaired) electrons. The van der Waals surface area contributed by atoms with Crippen LogP contribution in [0.25, 0.3) is 0 Å². The Morgan fingerprint density at radius 2 is 1.90 bits per heavy atom. The summed E-state index contributed by atoms with van der Waals surface area (Å²) in [4.78, 5) is 4.54. The van der Waals surface area contributed by atoms with Crippen molar-refractivity contribution in [3.63, 3.8) is 0 Å². The monoisotopic (exact) mass is 293 g/mol. The molecule has 0 heterocycles. The van der Waals surface area contributed by atoms with Crippen LogP contribution >= 0.6 is 0 Å². The van der Waals surface area contributed by atoms with Gasteiger partial charge in [-0.3, -0.25) is 0 Å². The minimum Gasteiger partial charge on any atom is -0.491 e. The number of methoxy groups -OCH3 is 1. The van der Waals surface area contributed by atoms with Gasteiger partial charge < -0.3 is 20.1 Å². The molecule has 21 heavy (non-hydrogen) atoms. The minimum absolute atomic E-state index is 0.194. The zero-order chi connectivity index (χ0) is 15.5. The van der Waals surface area contributed by atoms with Crippen LogP contribution in [0.2, 0.25) is 0 Å². The van der Waals surface area contributed by atoms with E-state index in [-0.39, 0.29) is 6.10 Å². The van der Waals surface area contributed by atoms with Crippen LogP contribution in [0.3, 0.4) is 0 Å². The molecule has 0 bridgehead atoms. The molecule has 0 atom stereocenters. The highest BCUT2D eigenvalue weighted by Gasteiger charge is 1.99. The molecular formula is C16H27N3O2. The Morgan fingerprint density at radius 1 is 1.19 bits per heavy atom. The Hall–Kier alpha value is -1.75. The van der Waals surface area contributed by atoms with Crippen molar-refractivity contribution in [2.45, 2.75) is 33.4 Å². The molecule has 5 heteroatoms. The molecule has 0 spiro atoms. The average molecular weight is 293 g/mol. The van der Waals surface area contributed by atoms with Crippen LogP contribution in [0, 0.1) is 0 Å². The van der Waals surface area contributed by atoms with Gasteiger partial charge >= 0.3 is 0 Å². The molecule has 2 N–H and O–H groups in total. The lowest BCUT2D eigenvalue weighted by atomic mass is 10.2. The molecule has 0 saturated heterocycles. The van der Waals surface area contributed by atoms with Gasteiger partial charge in [0.15, 0.2) is 5.96 Å². The average Bonchev–Trinajstić information content (AvgIpc) is 2.46. The number of aliphatic imine (C=N–C) groups is 1. The quantitative estimate of drug-likeness (QED) is 0.438. The van der Waals surface area contributed by atoms with E-state index in [1.165, 1.54) is 0 Å². The van der Waals surface area contributed by atoms with Crippen molar-refractivity contribution in [3.05, 3.63) is 29.8 Å². The fraction of sp³-hybridized carbons (Fsp3) is 0.562. The Kier molecular flexibility index (Phi) is 8.28. The van der Waals surface area contributed by atoms with Crippen molar-refractivity contribution in [1.29, 1.82) is 0 Å². The van der Waals surface area contributed by atoms with Gasteiger partial charge in [-0.2, -0.15) is 0 Å². The normalized spacial score (nSPS) is 11.6. The zero-order valence-corrected chi connectivity index (χ0v) is 13.5. The van der Waals surface area contributed by atoms with Crippen molar-refractivity contribution in [2.24, 2.45) is 4.99 Å². The van der Waals surface area contributed by atoms with E-state index in [9.17, 15) is 0 Å². The first kappa shape index (κ1) is 17.3. The van der Waals surface area contributed by atoms with Crippen molar-refractivity contribution in [2.75, 3.05) is 26.8 Å². The number of benzene rings is 1. The summed E-state index contributed by atoms with van der Waals surface area (Å²) >= 11 is 0. The van der Waals surface area contributed by atoms with Gasteiger partial charge in [-0.05, 0) is 38.5 Å². The Morgan fingerprint density at radius 3 is 2.48 bits per heavy atom. The Bertz CT molecular complexity index is 416. The third-order valence-electron chi connectivity index (χ3n) is 2.66. The number of nitrogens with one attached hydrogen (secondary N) is 2. The van der Waals surface area contributed by atoms with Crippen LogP contribution in [0.1, 0.15) is 26.3 Å². The topological polar surface area (TPSA) is 54.9 Å². The van der Waals surface area contributed by atoms with Gasteiger partial charge in [0.2, 0.25) is 0 Å². The number of rotatable bonds is 8. The summed E-state index contributed by atoms with van der Waals surface area (Å²) in [5.74, 6) is 1.69. The molecule has 0 aromatic heterocycles. The molecule has 0 unspecified atom stereocenters. The van der Waals surface area contributed by atoms with E-state index in [1.807, 2.05) is 45.0 Å². The minimum atomic E-state index is 0.194. The molecule has 118 valence electrons. The van der Waals surface area contributed by atoms with Crippen LogP contribution in [0.5, 0.6) is 5.75 Å². The van der Waals surface area contributed by atoms with Gasteiger partial charge in [-0.25, -0.2) is 4.99 Å². The summed E-state index contributed by atoms with van der Waals surface area (Å²) in [5, 5.41) is 6.43. The van der Waals surface area contributed by atoms with E-state index in [2.05, 4.69) is 15.6 Å². The van der Waals surface area contributed by atoms with Gasteiger partial charge in [0.1, 0.15) is 5.75 Å². The predicted molar refractivity (Wildman–Crippen MR) is 86.9 cm³/mol. The molecule has 0 aliphatic heterocycles. The smallest absolute Gasteiger partial charge is 0.191 e. The summed E-state index contributed by atoms with van der Waals surface area (Å²) in [6, 6.07) is 8.05. The van der Waals surface area contributed by atoms with Crippen LogP contribution < -0.4 is 15.4 Å². The van der Waals surface area contributed by atoms with Crippen molar-refractivity contribution >= 4 is 5.96 Å². The second-order valence-electron chi connectivity index (χ2n) is 4.93. The highest BCUT2D eigenvalue weighted by atomic mass is 16.5. The van der Waals surface area contributed by atoms with Gasteiger partial charge in [-0.15, -0.1) is 0 Å². The molecule has 1 aromatic rings. The first-order valence-corrected chi connectivity index (χ1v) is 7.42. The molecular weight excluding hydrogens is 266 g/mol. The second-order valence-corrected chi connectivity index (χ2v) is 4.93. The molecule has 0 saturated carbocycles. The molecule has 0 aliphatic carbocycles. The van der Waals surface area contributed by atoms with Crippen molar-refractivity contribution in [1.82, 2.24) is 10.6 Å². The van der Waals surface area contributed by atoms with Crippen LogP contribution in [-0.4, -0.2) is 38.9 Å². The summed E-state index contributed by atoms with van der Waals surface area (Å²) in [6.07, 6.45) is 0.194. The zero-order valence-electron chi connectivity index (χ0n) is 13.5. The lowest BCUT2D eigenvalue weighted by Gasteiger charge is -2.11. The van der Waals surface area contributed by atoms with Crippen LogP contribution in [0.15, 0.2) is 29.3 Å². The maximum absolute atomic E-state index is 5.62. The second kappa shape index (κ2) is 10.0. The number of guanidine groups is 1. The Labute approximate surface area is 127 Å². The fourth-order valence-corrected chi connectivity index (χ4v) is 1.73. The third-order valence-corrected chi connectivity index (χ3v) is 2.66. The summed E-state index contributed by atoms with van der Waals surface area (Å²) in [7, 11) is 1.69. The highest BCUT2D eigenvalue weighted by molar-refractivity contribution is 5.79. The lowest BCUT2D eigenvalue weighted by molar-refractivity contribution is 0.203. The van der Waals surface area contributed by atoms with Gasteiger partial charge in [0.05, 0.1) is 19.3 Å². The summed E-state index contributed by atoms with van der Waals surface area (Å²) in [5.41, 5.74) is 1.15. The lowest BCUT2D eigenvalue weighted by Crippen LogP contribution is -2.38. The van der Waals surface area contributed by atoms with E-state index in [0.717, 1.165) is 30.4 Å². The predicted octanol–water partition coefficient (Wildman–Crippen LogP) is 2.18. The van der Waals surface area contributed by atoms with E-state index < -0.39 is 0 Å². The van der Waals surface area contributed by atoms with E-state index in [0.29, 0.717) is 13.2 Å². The van der Waals surface area contributed by atoms with Gasteiger partial charge in [0, 0.05) is 20.2 Å². The first-order chi connectivity index (χ1) is 10.2. The largest absolute Gasteiger partial charge is 0.491 e. The third kappa shape index (κ3) is 7.56. The number of ether oxygens (including phenoxy) is 2. The van der Waals surface area contributed by atoms with Crippen LogP contribution in [0.4, 0.5) is 0 Å². The molecule has 0 amide bonds. The molecule has 1 rings (SSSR count). The number of nitrogens with zero attached hydrogens (tertiary/aromatic N) is 1. The van der Waals surface area contributed by atoms with E-state index >= 15 is 0 Å². The molecule has 1 aromatic carbocycles. The van der Waals surface area contributed by atoms with Crippen molar-refractivity contribution < 1.29 is 9.47 Å². The number of hydrogen-bond donors (Lipinski definition) is 2. The number of hydrogen-bond acceptors (Lipinski definition) is 3. The fourth-order valence-electron chi connectivity index (χ4n) is 1.73. The highest BCUT2D eigenvalue weighted by Crippen LogP contribution is 2.14. The van der Waals surface area contributed by atoms with E-state index in [1.54, 1.807) is 7.11 Å². The molecule has 5 nitrogen and oxygen atoms in total. The summed E-state index contributed by atoms with van der Waals surface area (Å²) < 4.78 is 10.6. The van der Waals surface area contributed by atoms with Gasteiger partial charge in [0.25, 0.3) is 0 Å². The van der Waals surface area contributed by atoms with Crippen molar-refractivity contribution in [3.8, 4) is 5.75 Å². The maximum atomic E-state index is 5.62.